The Balaban J connectivity index is 1.45. The molecule has 0 bridgehead atoms. The number of amides is 1. The van der Waals surface area contributed by atoms with Crippen molar-refractivity contribution in [3.8, 4) is 17.2 Å². The molecule has 2 N–H and O–H groups in total. The average molecular weight is 851 g/mol. The third-order valence-corrected chi connectivity index (χ3v) is 12.4. The highest BCUT2D eigenvalue weighted by Crippen LogP contribution is 2.62. The van der Waals surface area contributed by atoms with Crippen LogP contribution in [0.1, 0.15) is 72.3 Å². The largest absolute Gasteiger partial charge is 0.459 e. The van der Waals surface area contributed by atoms with Crippen LogP contribution in [0.3, 0.4) is 0 Å². The number of aldehydes is 1. The molecule has 2 aliphatic carbocycles. The van der Waals surface area contributed by atoms with E-state index in [1.165, 1.54) is 7.11 Å². The molecular weight excluding hydrogens is 796 g/mol. The molecule has 0 aromatic heterocycles. The standard InChI is InChI=1S/C49H55ClN2O9/c1-3-25-59-49-45(52(48(56)58-26-22-50)31-36-16-11-15-34-13-4-5-18-39(34)36)30-43(51-57-2)41-28-35(14-6-8-23-53)40(19-7-9-24-54)46(47(41)49)42-29-38(20-21-44(42)61-49)60-37-17-10-12-33(27-37)32-55/h3-5,10-13,15-18,20-21,27-29,32,35,40,45-47,53-54H,1,6-9,14,19,22-26,30-31H2,2H3/t35-,40+,45-,46+,47+,49+/m0/s1. The smallest absolute Gasteiger partial charge is 0.410 e. The van der Waals surface area contributed by atoms with E-state index in [-0.39, 0.29) is 63.0 Å². The van der Waals surface area contributed by atoms with Gasteiger partial charge in [0.1, 0.15) is 43.3 Å². The second kappa shape index (κ2) is 20.6. The number of benzene rings is 4. The van der Waals surface area contributed by atoms with E-state index in [0.717, 1.165) is 59.4 Å². The predicted molar refractivity (Wildman–Crippen MR) is 235 cm³/mol. The molecular formula is C49H55ClN2O9. The molecule has 3 aliphatic rings. The summed E-state index contributed by atoms with van der Waals surface area (Å²) in [5.41, 5.74) is 3.89. The summed E-state index contributed by atoms with van der Waals surface area (Å²) in [5.74, 6) is -0.429. The topological polar surface area (TPSA) is 136 Å². The maximum Gasteiger partial charge on any atom is 0.410 e. The number of hydrogen-bond donors (Lipinski definition) is 2. The van der Waals surface area contributed by atoms with E-state index in [9.17, 15) is 19.8 Å². The van der Waals surface area contributed by atoms with Crippen LogP contribution in [0.4, 0.5) is 4.79 Å². The van der Waals surface area contributed by atoms with Crippen LogP contribution in [0.25, 0.3) is 10.8 Å². The highest BCUT2D eigenvalue weighted by molar-refractivity contribution is 6.18. The zero-order valence-electron chi connectivity index (χ0n) is 34.6. The van der Waals surface area contributed by atoms with E-state index < -0.39 is 23.8 Å². The van der Waals surface area contributed by atoms with Crippen LogP contribution in [0.2, 0.25) is 0 Å². The van der Waals surface area contributed by atoms with Gasteiger partial charge in [-0.3, -0.25) is 9.69 Å². The van der Waals surface area contributed by atoms with Crippen LogP contribution in [0.5, 0.6) is 17.2 Å². The Morgan fingerprint density at radius 3 is 2.52 bits per heavy atom. The molecule has 0 unspecified atom stereocenters. The minimum atomic E-state index is -1.49. The first kappa shape index (κ1) is 43.9. The summed E-state index contributed by atoms with van der Waals surface area (Å²) in [7, 11) is 1.52. The molecule has 1 saturated carbocycles. The summed E-state index contributed by atoms with van der Waals surface area (Å²) in [4.78, 5) is 33.6. The number of halogens is 1. The number of nitrogens with zero attached hydrogens (tertiary/aromatic N) is 2. The lowest BCUT2D eigenvalue weighted by Crippen LogP contribution is -2.70. The number of alkyl halides is 1. The van der Waals surface area contributed by atoms with E-state index in [1.807, 2.05) is 60.7 Å². The summed E-state index contributed by atoms with van der Waals surface area (Å²) in [6, 6.07) is 26.0. The quantitative estimate of drug-likeness (QED) is 0.0293. The summed E-state index contributed by atoms with van der Waals surface area (Å²) in [6.45, 7) is 4.47. The van der Waals surface area contributed by atoms with Crippen molar-refractivity contribution in [1.82, 2.24) is 4.90 Å². The van der Waals surface area contributed by atoms with Crippen molar-refractivity contribution >= 4 is 40.5 Å². The van der Waals surface area contributed by atoms with Crippen LogP contribution in [0.15, 0.2) is 114 Å². The van der Waals surface area contributed by atoms with Crippen molar-refractivity contribution in [2.24, 2.45) is 22.9 Å². The van der Waals surface area contributed by atoms with Crippen molar-refractivity contribution < 1.29 is 43.6 Å². The number of ether oxygens (including phenoxy) is 4. The van der Waals surface area contributed by atoms with Crippen molar-refractivity contribution in [1.29, 1.82) is 0 Å². The lowest BCUT2D eigenvalue weighted by Gasteiger charge is -2.59. The fraction of sp³-hybridized carbons (Fsp3) is 0.408. The lowest BCUT2D eigenvalue weighted by molar-refractivity contribution is -0.256. The third kappa shape index (κ3) is 9.35. The fourth-order valence-corrected chi connectivity index (χ4v) is 9.81. The molecule has 11 nitrogen and oxygen atoms in total. The molecule has 7 rings (SSSR count). The van der Waals surface area contributed by atoms with E-state index in [0.29, 0.717) is 41.4 Å². The molecule has 4 aromatic carbocycles. The number of aliphatic hydroxyl groups is 2. The molecule has 6 atom stereocenters. The molecule has 61 heavy (non-hydrogen) atoms. The normalized spacial score (nSPS) is 23.2. The van der Waals surface area contributed by atoms with Gasteiger partial charge in [0.2, 0.25) is 5.79 Å². The average Bonchev–Trinajstić information content (AvgIpc) is 3.28. The fourth-order valence-electron chi connectivity index (χ4n) is 9.73. The van der Waals surface area contributed by atoms with Gasteiger partial charge in [0, 0.05) is 36.7 Å². The number of allylic oxidation sites excluding steroid dienone is 1. The summed E-state index contributed by atoms with van der Waals surface area (Å²) >= 11 is 6.12. The number of carbonyl (C=O) groups is 2. The van der Waals surface area contributed by atoms with Gasteiger partial charge in [-0.15, -0.1) is 18.2 Å². The minimum Gasteiger partial charge on any atom is -0.459 e. The number of carbonyl (C=O) groups excluding carboxylic acids is 2. The van der Waals surface area contributed by atoms with Crippen molar-refractivity contribution in [3.63, 3.8) is 0 Å². The number of aliphatic hydroxyl groups excluding tert-OH is 2. The molecule has 0 saturated heterocycles. The Labute approximate surface area is 362 Å². The maximum atomic E-state index is 14.6. The number of rotatable bonds is 20. The number of fused-ring (bicyclic) bond motifs is 3. The number of oxime groups is 1. The van der Waals surface area contributed by atoms with Crippen LogP contribution < -0.4 is 9.47 Å². The molecule has 1 heterocycles. The molecule has 322 valence electrons. The van der Waals surface area contributed by atoms with Gasteiger partial charge in [-0.25, -0.2) is 4.79 Å². The molecule has 0 spiro atoms. The second-order valence-electron chi connectivity index (χ2n) is 15.8. The Morgan fingerprint density at radius 2 is 1.75 bits per heavy atom. The Hall–Kier alpha value is -5.20. The van der Waals surface area contributed by atoms with E-state index in [4.69, 9.17) is 35.4 Å². The first-order chi connectivity index (χ1) is 29.9. The van der Waals surface area contributed by atoms with Gasteiger partial charge in [0.15, 0.2) is 0 Å². The van der Waals surface area contributed by atoms with Crippen LogP contribution in [-0.4, -0.2) is 84.5 Å². The van der Waals surface area contributed by atoms with Gasteiger partial charge < -0.3 is 34.0 Å². The Kier molecular flexibility index (Phi) is 14.8. The van der Waals surface area contributed by atoms with E-state index in [2.05, 4.69) is 17.8 Å². The molecule has 1 aliphatic heterocycles. The number of unbranched alkanes of at least 4 members (excludes halogenated alkanes) is 2. The molecule has 12 heteroatoms. The van der Waals surface area contributed by atoms with Gasteiger partial charge >= 0.3 is 6.09 Å². The van der Waals surface area contributed by atoms with Gasteiger partial charge in [0.25, 0.3) is 0 Å². The monoisotopic (exact) mass is 850 g/mol. The summed E-state index contributed by atoms with van der Waals surface area (Å²) in [5, 5.41) is 26.5. The van der Waals surface area contributed by atoms with Crippen LogP contribution in [0, 0.1) is 17.8 Å². The Bertz CT molecular complexity index is 2220. The van der Waals surface area contributed by atoms with E-state index in [1.54, 1.807) is 35.2 Å². The molecule has 1 amide bonds. The highest BCUT2D eigenvalue weighted by atomic mass is 35.5. The van der Waals surface area contributed by atoms with Gasteiger partial charge in [-0.05, 0) is 89.8 Å². The van der Waals surface area contributed by atoms with E-state index >= 15 is 0 Å². The first-order valence-electron chi connectivity index (χ1n) is 21.2. The van der Waals surface area contributed by atoms with Crippen molar-refractivity contribution in [2.75, 3.05) is 39.4 Å². The molecule has 0 radical (unpaired) electrons. The van der Waals surface area contributed by atoms with Gasteiger partial charge in [-0.2, -0.15) is 0 Å². The summed E-state index contributed by atoms with van der Waals surface area (Å²) in [6.07, 6.45) is 8.87. The second-order valence-corrected chi connectivity index (χ2v) is 16.2. The zero-order chi connectivity index (χ0) is 42.8. The predicted octanol–water partition coefficient (Wildman–Crippen LogP) is 9.59. The van der Waals surface area contributed by atoms with Crippen LogP contribution in [-0.2, 0) is 20.9 Å². The SMILES string of the molecule is C=CCO[C@@]12Oc3ccc(Oc4cccc(C=O)c4)cc3[C@H]3[C@H](CCCCO)[C@@H](CCCCO)C=C(C(=NOC)C[C@@H]1N(Cc1cccc4ccccc14)C(=O)OCCCl)[C@H]32. The minimum absolute atomic E-state index is 0.000555. The number of hydrogen-bond acceptors (Lipinski definition) is 10. The van der Waals surface area contributed by atoms with Gasteiger partial charge in [0.05, 0.1) is 30.7 Å². The first-order valence-corrected chi connectivity index (χ1v) is 21.7. The summed E-state index contributed by atoms with van der Waals surface area (Å²) < 4.78 is 26.7. The third-order valence-electron chi connectivity index (χ3n) is 12.2. The highest BCUT2D eigenvalue weighted by Gasteiger charge is 2.65. The van der Waals surface area contributed by atoms with Crippen LogP contribution >= 0.6 is 11.6 Å². The van der Waals surface area contributed by atoms with Crippen molar-refractivity contribution in [2.45, 2.75) is 69.2 Å². The molecule has 4 aromatic rings. The maximum absolute atomic E-state index is 14.6. The van der Waals surface area contributed by atoms with Gasteiger partial charge in [-0.1, -0.05) is 84.7 Å². The molecule has 1 fully saturated rings. The lowest BCUT2D eigenvalue weighted by atomic mass is 9.55. The zero-order valence-corrected chi connectivity index (χ0v) is 35.4. The van der Waals surface area contributed by atoms with Crippen molar-refractivity contribution in [3.05, 3.63) is 126 Å². The Morgan fingerprint density at radius 1 is 0.984 bits per heavy atom.